The van der Waals surface area contributed by atoms with Crippen LogP contribution in [0.4, 0.5) is 0 Å². The molecule has 0 radical (unpaired) electrons. The molecule has 3 unspecified atom stereocenters. The molecule has 2 bridgehead atoms. The summed E-state index contributed by atoms with van der Waals surface area (Å²) in [5, 5.41) is 2.78. The highest BCUT2D eigenvalue weighted by Crippen LogP contribution is 2.61. The van der Waals surface area contributed by atoms with Crippen LogP contribution in [0.2, 0.25) is 0 Å². The quantitative estimate of drug-likeness (QED) is 0.432. The Morgan fingerprint density at radius 1 is 1.09 bits per heavy atom. The smallest absolute Gasteiger partial charge is 0.207 e. The van der Waals surface area contributed by atoms with Crippen LogP contribution in [-0.2, 0) is 14.9 Å². The molecular formula is C31H52N2O2. The Bertz CT molecular complexity index is 773. The summed E-state index contributed by atoms with van der Waals surface area (Å²) in [5.74, 6) is 1.73. The summed E-state index contributed by atoms with van der Waals surface area (Å²) < 4.78 is 5.87. The van der Waals surface area contributed by atoms with E-state index >= 15 is 0 Å². The average molecular weight is 485 g/mol. The Labute approximate surface area is 215 Å². The van der Waals surface area contributed by atoms with E-state index in [0.29, 0.717) is 16.2 Å². The number of hydrogen-bond acceptors (Lipinski definition) is 3. The number of ether oxygens (including phenoxy) is 1. The van der Waals surface area contributed by atoms with Gasteiger partial charge in [0.15, 0.2) is 0 Å². The number of piperidine rings is 1. The first-order valence-electron chi connectivity index (χ1n) is 14.1. The maximum absolute atomic E-state index is 10.2. The van der Waals surface area contributed by atoms with Crippen molar-refractivity contribution < 1.29 is 9.53 Å². The molecular weight excluding hydrogens is 432 g/mol. The molecule has 2 saturated carbocycles. The molecule has 1 saturated heterocycles. The highest BCUT2D eigenvalue weighted by molar-refractivity contribution is 5.46. The van der Waals surface area contributed by atoms with E-state index in [0.717, 1.165) is 38.0 Å². The molecule has 4 atom stereocenters. The minimum atomic E-state index is 0.283. The van der Waals surface area contributed by atoms with Gasteiger partial charge in [-0.15, -0.1) is 0 Å². The fourth-order valence-corrected chi connectivity index (χ4v) is 7.70. The van der Waals surface area contributed by atoms with Gasteiger partial charge < -0.3 is 15.0 Å². The van der Waals surface area contributed by atoms with Crippen LogP contribution in [0.5, 0.6) is 0 Å². The number of carbonyl (C=O) groups is 1. The standard InChI is InChI=1S/C21H32O.C10H20N2O/c1-5-22-16-20(4)12-17-11-19(2,3)14-21(13-17,15-20)18-9-7-6-8-10-18;1-9-3-5-12(6-4-9)7-10(2)11-8-13/h6-10,17H,5,11-16H2,1-4H3;8-10H,3-7H2,1-2H3,(H,11,13)/t17?,20-,21?;/m0./s1. The van der Waals surface area contributed by atoms with Crippen molar-refractivity contribution in [3.05, 3.63) is 35.9 Å². The van der Waals surface area contributed by atoms with Crippen molar-refractivity contribution in [2.24, 2.45) is 22.7 Å². The van der Waals surface area contributed by atoms with E-state index in [1.165, 1.54) is 58.0 Å². The second kappa shape index (κ2) is 12.2. The zero-order valence-corrected chi connectivity index (χ0v) is 23.4. The fraction of sp³-hybridized carbons (Fsp3) is 0.774. The SMILES string of the molecule is CC1CCN(CC(C)NC=O)CC1.CCOC[C@@]1(C)CC2CC(C)(C)CC(c3ccccc3)(C2)C1. The minimum absolute atomic E-state index is 0.283. The van der Waals surface area contributed by atoms with Crippen LogP contribution in [0.25, 0.3) is 0 Å². The van der Waals surface area contributed by atoms with Gasteiger partial charge in [-0.25, -0.2) is 0 Å². The molecule has 3 fully saturated rings. The molecule has 1 heterocycles. The molecule has 4 rings (SSSR count). The highest BCUT2D eigenvalue weighted by Gasteiger charge is 2.53. The summed E-state index contributed by atoms with van der Waals surface area (Å²) in [7, 11) is 0. The number of likely N-dealkylation sites (tertiary alicyclic amines) is 1. The number of hydrogen-bond donors (Lipinski definition) is 1. The molecule has 1 aliphatic heterocycles. The number of benzene rings is 1. The van der Waals surface area contributed by atoms with Crippen LogP contribution in [0.15, 0.2) is 30.3 Å². The number of carbonyl (C=O) groups excluding carboxylic acids is 1. The van der Waals surface area contributed by atoms with Crippen LogP contribution in [0.1, 0.15) is 92.1 Å². The molecule has 2 aliphatic carbocycles. The van der Waals surface area contributed by atoms with Gasteiger partial charge in [0.05, 0.1) is 6.61 Å². The lowest BCUT2D eigenvalue weighted by atomic mass is 9.48. The molecule has 1 N–H and O–H groups in total. The van der Waals surface area contributed by atoms with Crippen molar-refractivity contribution in [1.29, 1.82) is 0 Å². The van der Waals surface area contributed by atoms with Gasteiger partial charge in [0.1, 0.15) is 0 Å². The van der Waals surface area contributed by atoms with Gasteiger partial charge in [0, 0.05) is 19.2 Å². The van der Waals surface area contributed by atoms with Crippen LogP contribution in [-0.4, -0.2) is 50.2 Å². The summed E-state index contributed by atoms with van der Waals surface area (Å²) >= 11 is 0. The van der Waals surface area contributed by atoms with Crippen LogP contribution in [0.3, 0.4) is 0 Å². The molecule has 0 aromatic heterocycles. The van der Waals surface area contributed by atoms with Crippen molar-refractivity contribution >= 4 is 6.41 Å². The molecule has 35 heavy (non-hydrogen) atoms. The van der Waals surface area contributed by atoms with E-state index in [9.17, 15) is 4.79 Å². The highest BCUT2D eigenvalue weighted by atomic mass is 16.5. The number of fused-ring (bicyclic) bond motifs is 2. The lowest BCUT2D eigenvalue weighted by Crippen LogP contribution is -2.50. The van der Waals surface area contributed by atoms with E-state index in [1.807, 2.05) is 6.92 Å². The van der Waals surface area contributed by atoms with Crippen molar-refractivity contribution in [3.8, 4) is 0 Å². The van der Waals surface area contributed by atoms with E-state index in [1.54, 1.807) is 5.56 Å². The normalized spacial score (nSPS) is 31.7. The zero-order valence-electron chi connectivity index (χ0n) is 23.4. The summed E-state index contributed by atoms with van der Waals surface area (Å²) in [6.45, 7) is 19.0. The number of amides is 1. The van der Waals surface area contributed by atoms with Gasteiger partial charge in [-0.1, -0.05) is 58.0 Å². The number of rotatable bonds is 8. The first-order valence-corrected chi connectivity index (χ1v) is 14.1. The average Bonchev–Trinajstić information content (AvgIpc) is 2.79. The van der Waals surface area contributed by atoms with E-state index in [-0.39, 0.29) is 6.04 Å². The molecule has 0 spiro atoms. The first kappa shape index (κ1) is 28.2. The fourth-order valence-electron chi connectivity index (χ4n) is 7.70. The lowest BCUT2D eigenvalue weighted by molar-refractivity contribution is -0.110. The van der Waals surface area contributed by atoms with Crippen molar-refractivity contribution in [3.63, 3.8) is 0 Å². The predicted molar refractivity (Wildman–Crippen MR) is 147 cm³/mol. The Balaban J connectivity index is 0.000000225. The van der Waals surface area contributed by atoms with Gasteiger partial charge >= 0.3 is 0 Å². The maximum Gasteiger partial charge on any atom is 0.207 e. The summed E-state index contributed by atoms with van der Waals surface area (Å²) in [6, 6.07) is 11.6. The van der Waals surface area contributed by atoms with Gasteiger partial charge in [0.25, 0.3) is 0 Å². The largest absolute Gasteiger partial charge is 0.381 e. The van der Waals surface area contributed by atoms with Crippen LogP contribution < -0.4 is 5.32 Å². The van der Waals surface area contributed by atoms with Gasteiger partial charge in [-0.05, 0) is 106 Å². The maximum atomic E-state index is 10.2. The Morgan fingerprint density at radius 3 is 2.40 bits per heavy atom. The molecule has 1 aromatic rings. The zero-order chi connectivity index (χ0) is 25.5. The van der Waals surface area contributed by atoms with E-state index in [2.05, 4.69) is 75.2 Å². The van der Waals surface area contributed by atoms with Crippen LogP contribution >= 0.6 is 0 Å². The molecule has 4 nitrogen and oxygen atoms in total. The molecule has 1 aromatic carbocycles. The van der Waals surface area contributed by atoms with Crippen molar-refractivity contribution in [2.45, 2.75) is 97.9 Å². The molecule has 198 valence electrons. The number of nitrogens with zero attached hydrogens (tertiary/aromatic N) is 1. The third-order valence-corrected chi connectivity index (χ3v) is 8.69. The predicted octanol–water partition coefficient (Wildman–Crippen LogP) is 6.44. The molecule has 1 amide bonds. The Hall–Kier alpha value is -1.39. The minimum Gasteiger partial charge on any atom is -0.381 e. The van der Waals surface area contributed by atoms with Gasteiger partial charge in [-0.3, -0.25) is 4.79 Å². The third kappa shape index (κ3) is 8.05. The first-order chi connectivity index (χ1) is 16.6. The molecule has 3 aliphatic rings. The van der Waals surface area contributed by atoms with Gasteiger partial charge in [0.2, 0.25) is 6.41 Å². The summed E-state index contributed by atoms with van der Waals surface area (Å²) in [5.41, 5.74) is 2.73. The van der Waals surface area contributed by atoms with Crippen LogP contribution in [0, 0.1) is 22.7 Å². The second-order valence-electron chi connectivity index (χ2n) is 13.3. The van der Waals surface area contributed by atoms with Gasteiger partial charge in [-0.2, -0.15) is 0 Å². The van der Waals surface area contributed by atoms with E-state index in [4.69, 9.17) is 4.74 Å². The van der Waals surface area contributed by atoms with E-state index < -0.39 is 0 Å². The Morgan fingerprint density at radius 2 is 1.77 bits per heavy atom. The summed E-state index contributed by atoms with van der Waals surface area (Å²) in [4.78, 5) is 12.6. The van der Waals surface area contributed by atoms with Crippen molar-refractivity contribution in [2.75, 3.05) is 32.8 Å². The second-order valence-corrected chi connectivity index (χ2v) is 13.3. The third-order valence-electron chi connectivity index (χ3n) is 8.69. The lowest BCUT2D eigenvalue weighted by Gasteiger charge is -2.57. The Kier molecular flexibility index (Phi) is 9.85. The molecule has 4 heteroatoms. The summed E-state index contributed by atoms with van der Waals surface area (Å²) in [6.07, 6.45) is 10.1. The topological polar surface area (TPSA) is 41.6 Å². The number of nitrogens with one attached hydrogen (secondary N) is 1. The monoisotopic (exact) mass is 484 g/mol. The van der Waals surface area contributed by atoms with Crippen molar-refractivity contribution in [1.82, 2.24) is 10.2 Å².